The molecule has 1 heterocycles. The fourth-order valence-corrected chi connectivity index (χ4v) is 1.94. The summed E-state index contributed by atoms with van der Waals surface area (Å²) in [6.07, 6.45) is 1.41. The highest BCUT2D eigenvalue weighted by Crippen LogP contribution is 2.40. The first-order chi connectivity index (χ1) is 5.97. The first kappa shape index (κ1) is 10.5. The van der Waals surface area contributed by atoms with E-state index in [1.165, 1.54) is 0 Å². The minimum Gasteiger partial charge on any atom is -0.387 e. The summed E-state index contributed by atoms with van der Waals surface area (Å²) in [5.41, 5.74) is -1.41. The Kier molecular flexibility index (Phi) is 2.65. The fraction of sp³-hybridized carbons (Fsp3) is 0.900. The molecule has 2 unspecified atom stereocenters. The van der Waals surface area contributed by atoms with Crippen LogP contribution in [0.25, 0.3) is 0 Å². The summed E-state index contributed by atoms with van der Waals surface area (Å²) in [6.45, 7) is 5.31. The van der Waals surface area contributed by atoms with E-state index in [0.29, 0.717) is 19.4 Å². The number of hydrogen-bond acceptors (Lipinski definition) is 3. The van der Waals surface area contributed by atoms with E-state index in [1.807, 2.05) is 20.9 Å². The van der Waals surface area contributed by atoms with Crippen molar-refractivity contribution < 1.29 is 5.11 Å². The van der Waals surface area contributed by atoms with Gasteiger partial charge in [0.1, 0.15) is 0 Å². The van der Waals surface area contributed by atoms with Crippen LogP contribution >= 0.6 is 0 Å². The van der Waals surface area contributed by atoms with Gasteiger partial charge in [-0.25, -0.2) is 0 Å². The predicted octanol–water partition coefficient (Wildman–Crippen LogP) is 0.993. The Morgan fingerprint density at radius 3 is 2.62 bits per heavy atom. The molecule has 3 nitrogen and oxygen atoms in total. The molecule has 0 aromatic carbocycles. The number of hydrogen-bond donors (Lipinski definition) is 1. The third-order valence-electron chi connectivity index (χ3n) is 3.42. The van der Waals surface area contributed by atoms with E-state index in [2.05, 4.69) is 11.0 Å². The lowest BCUT2D eigenvalue weighted by Crippen LogP contribution is -2.47. The third kappa shape index (κ3) is 1.56. The van der Waals surface area contributed by atoms with E-state index in [4.69, 9.17) is 5.26 Å². The van der Waals surface area contributed by atoms with Crippen molar-refractivity contribution in [3.8, 4) is 6.07 Å². The van der Waals surface area contributed by atoms with Gasteiger partial charge in [-0.15, -0.1) is 0 Å². The molecule has 1 N–H and O–H groups in total. The monoisotopic (exact) mass is 182 g/mol. The first-order valence-corrected chi connectivity index (χ1v) is 4.79. The Bertz CT molecular complexity index is 236. The van der Waals surface area contributed by atoms with Gasteiger partial charge in [0.2, 0.25) is 0 Å². The zero-order chi connectivity index (χ0) is 10.1. The number of likely N-dealkylation sites (tertiary alicyclic amines) is 1. The Hall–Kier alpha value is -0.590. The largest absolute Gasteiger partial charge is 0.387 e. The average Bonchev–Trinajstić information content (AvgIpc) is 2.46. The van der Waals surface area contributed by atoms with E-state index in [-0.39, 0.29) is 0 Å². The van der Waals surface area contributed by atoms with E-state index in [1.54, 1.807) is 0 Å². The number of nitrogens with zero attached hydrogens (tertiary/aromatic N) is 2. The Morgan fingerprint density at radius 1 is 1.69 bits per heavy atom. The lowest BCUT2D eigenvalue weighted by Gasteiger charge is -2.36. The maximum atomic E-state index is 10.3. The summed E-state index contributed by atoms with van der Waals surface area (Å²) in [4.78, 5) is 2.07. The van der Waals surface area contributed by atoms with Crippen LogP contribution in [-0.4, -0.2) is 35.7 Å². The highest BCUT2D eigenvalue weighted by atomic mass is 16.3. The van der Waals surface area contributed by atoms with Gasteiger partial charge in [0.05, 0.1) is 17.1 Å². The van der Waals surface area contributed by atoms with Crippen molar-refractivity contribution in [1.82, 2.24) is 4.90 Å². The molecule has 0 saturated carbocycles. The molecule has 0 amide bonds. The van der Waals surface area contributed by atoms with Crippen molar-refractivity contribution in [2.75, 3.05) is 20.1 Å². The summed E-state index contributed by atoms with van der Waals surface area (Å²) < 4.78 is 0. The molecule has 1 aliphatic heterocycles. The molecule has 0 bridgehead atoms. The van der Waals surface area contributed by atoms with Crippen molar-refractivity contribution in [2.45, 2.75) is 32.3 Å². The van der Waals surface area contributed by atoms with E-state index < -0.39 is 11.0 Å². The zero-order valence-electron chi connectivity index (χ0n) is 8.67. The Labute approximate surface area is 80.0 Å². The van der Waals surface area contributed by atoms with Crippen LogP contribution in [0.3, 0.4) is 0 Å². The predicted molar refractivity (Wildman–Crippen MR) is 51.1 cm³/mol. The highest BCUT2D eigenvalue weighted by molar-refractivity contribution is 5.11. The summed E-state index contributed by atoms with van der Waals surface area (Å²) in [7, 11) is 1.98. The Morgan fingerprint density at radius 2 is 2.31 bits per heavy atom. The van der Waals surface area contributed by atoms with Crippen LogP contribution in [0.5, 0.6) is 0 Å². The molecule has 13 heavy (non-hydrogen) atoms. The van der Waals surface area contributed by atoms with Gasteiger partial charge >= 0.3 is 0 Å². The second kappa shape index (κ2) is 3.28. The lowest BCUT2D eigenvalue weighted by atomic mass is 9.72. The molecule has 0 aromatic rings. The van der Waals surface area contributed by atoms with Crippen LogP contribution < -0.4 is 0 Å². The molecule has 0 radical (unpaired) electrons. The summed E-state index contributed by atoms with van der Waals surface area (Å²) >= 11 is 0. The number of likely N-dealkylation sites (N-methyl/N-ethyl adjacent to an activating group) is 1. The van der Waals surface area contributed by atoms with E-state index in [0.717, 1.165) is 6.54 Å². The van der Waals surface area contributed by atoms with Gasteiger partial charge in [-0.3, -0.25) is 0 Å². The molecule has 74 valence electrons. The Balaban J connectivity index is 2.86. The summed E-state index contributed by atoms with van der Waals surface area (Å²) in [5.74, 6) is 0. The first-order valence-electron chi connectivity index (χ1n) is 4.79. The van der Waals surface area contributed by atoms with Gasteiger partial charge in [0.25, 0.3) is 0 Å². The molecule has 0 aliphatic carbocycles. The fourth-order valence-electron chi connectivity index (χ4n) is 1.94. The van der Waals surface area contributed by atoms with Crippen molar-refractivity contribution in [3.05, 3.63) is 0 Å². The zero-order valence-corrected chi connectivity index (χ0v) is 8.67. The van der Waals surface area contributed by atoms with Gasteiger partial charge in [-0.2, -0.15) is 5.26 Å². The molecule has 0 aromatic heterocycles. The van der Waals surface area contributed by atoms with Crippen LogP contribution in [0.15, 0.2) is 0 Å². The minimum atomic E-state index is -0.814. The summed E-state index contributed by atoms with van der Waals surface area (Å²) in [6, 6.07) is 2.25. The van der Waals surface area contributed by atoms with Gasteiger partial charge in [0, 0.05) is 13.1 Å². The standard InChI is InChI=1S/C10H18N2O/c1-4-9(2,7-11)10(13)5-6-12(3)8-10/h13H,4-6,8H2,1-3H3. The quantitative estimate of drug-likeness (QED) is 0.693. The van der Waals surface area contributed by atoms with Crippen molar-refractivity contribution >= 4 is 0 Å². The van der Waals surface area contributed by atoms with Crippen LogP contribution in [0.1, 0.15) is 26.7 Å². The maximum Gasteiger partial charge on any atom is 0.0968 e. The van der Waals surface area contributed by atoms with Gasteiger partial charge < -0.3 is 10.0 Å². The third-order valence-corrected chi connectivity index (χ3v) is 3.42. The maximum absolute atomic E-state index is 10.3. The van der Waals surface area contributed by atoms with Crippen molar-refractivity contribution in [2.24, 2.45) is 5.41 Å². The van der Waals surface area contributed by atoms with Crippen molar-refractivity contribution in [1.29, 1.82) is 5.26 Å². The molecular weight excluding hydrogens is 164 g/mol. The van der Waals surface area contributed by atoms with Crippen LogP contribution in [0.2, 0.25) is 0 Å². The molecule has 0 spiro atoms. The molecular formula is C10H18N2O. The smallest absolute Gasteiger partial charge is 0.0968 e. The van der Waals surface area contributed by atoms with Crippen molar-refractivity contribution in [3.63, 3.8) is 0 Å². The highest BCUT2D eigenvalue weighted by Gasteiger charge is 2.49. The molecule has 2 atom stereocenters. The van der Waals surface area contributed by atoms with E-state index in [9.17, 15) is 5.11 Å². The van der Waals surface area contributed by atoms with Gasteiger partial charge in [-0.05, 0) is 26.8 Å². The lowest BCUT2D eigenvalue weighted by molar-refractivity contribution is -0.0375. The molecule has 1 saturated heterocycles. The second-order valence-electron chi connectivity index (χ2n) is 4.32. The van der Waals surface area contributed by atoms with Crippen LogP contribution in [0.4, 0.5) is 0 Å². The molecule has 1 aliphatic rings. The molecule has 3 heteroatoms. The van der Waals surface area contributed by atoms with Crippen LogP contribution in [0, 0.1) is 16.7 Å². The number of rotatable bonds is 2. The molecule has 1 fully saturated rings. The van der Waals surface area contributed by atoms with E-state index >= 15 is 0 Å². The van der Waals surface area contributed by atoms with Crippen LogP contribution in [-0.2, 0) is 0 Å². The number of β-amino-alcohol motifs (C(OH)–C–C–N with tert-alkyl or cyclic N) is 1. The number of aliphatic hydroxyl groups is 1. The SMILES string of the molecule is CCC(C)(C#N)C1(O)CCN(C)C1. The van der Waals surface area contributed by atoms with Gasteiger partial charge in [0.15, 0.2) is 0 Å². The second-order valence-corrected chi connectivity index (χ2v) is 4.32. The summed E-state index contributed by atoms with van der Waals surface area (Å²) in [5, 5.41) is 19.4. The normalized spacial score (nSPS) is 34.1. The van der Waals surface area contributed by atoms with Gasteiger partial charge in [-0.1, -0.05) is 6.92 Å². The molecule has 1 rings (SSSR count). The minimum absolute atomic E-state index is 0.599. The topological polar surface area (TPSA) is 47.3 Å². The number of nitriles is 1. The average molecular weight is 182 g/mol.